The Kier molecular flexibility index (Phi) is 5.77. The van der Waals surface area contributed by atoms with Gasteiger partial charge in [-0.05, 0) is 67.1 Å². The zero-order valence-electron chi connectivity index (χ0n) is 14.3. The molecule has 0 aliphatic rings. The lowest BCUT2D eigenvalue weighted by molar-refractivity contribution is -0.118. The van der Waals surface area contributed by atoms with Gasteiger partial charge in [-0.25, -0.2) is 0 Å². The molecule has 4 nitrogen and oxygen atoms in total. The summed E-state index contributed by atoms with van der Waals surface area (Å²) >= 11 is 5.97. The van der Waals surface area contributed by atoms with Crippen molar-refractivity contribution in [3.05, 3.63) is 83.4 Å². The number of anilines is 3. The van der Waals surface area contributed by atoms with Crippen LogP contribution in [0.25, 0.3) is 0 Å². The molecule has 3 aromatic rings. The Balaban J connectivity index is 1.51. The third kappa shape index (κ3) is 5.01. The number of halogens is 1. The molecule has 0 saturated heterocycles. The van der Waals surface area contributed by atoms with E-state index in [9.17, 15) is 4.79 Å². The van der Waals surface area contributed by atoms with Gasteiger partial charge in [-0.2, -0.15) is 0 Å². The van der Waals surface area contributed by atoms with Crippen molar-refractivity contribution in [3.63, 3.8) is 0 Å². The monoisotopic (exact) mass is 366 g/mol. The molecule has 0 atom stereocenters. The maximum Gasteiger partial charge on any atom is 0.262 e. The molecule has 3 aromatic carbocycles. The van der Waals surface area contributed by atoms with Crippen LogP contribution in [0.4, 0.5) is 17.1 Å². The highest BCUT2D eigenvalue weighted by Gasteiger charge is 2.05. The summed E-state index contributed by atoms with van der Waals surface area (Å²) in [4.78, 5) is 12.0. The van der Waals surface area contributed by atoms with Gasteiger partial charge in [0, 0.05) is 22.1 Å². The third-order valence-corrected chi connectivity index (χ3v) is 4.15. The first-order valence-corrected chi connectivity index (χ1v) is 8.59. The highest BCUT2D eigenvalue weighted by atomic mass is 35.5. The number of amides is 1. The summed E-state index contributed by atoms with van der Waals surface area (Å²) < 4.78 is 5.50. The molecule has 0 aromatic heterocycles. The number of nitrogens with one attached hydrogen (secondary N) is 2. The quantitative estimate of drug-likeness (QED) is 0.613. The van der Waals surface area contributed by atoms with Crippen molar-refractivity contribution < 1.29 is 9.53 Å². The lowest BCUT2D eigenvalue weighted by Gasteiger charge is -2.10. The first kappa shape index (κ1) is 17.8. The Morgan fingerprint density at radius 1 is 0.923 bits per heavy atom. The summed E-state index contributed by atoms with van der Waals surface area (Å²) in [6.45, 7) is 1.82. The van der Waals surface area contributed by atoms with Crippen molar-refractivity contribution in [2.24, 2.45) is 0 Å². The molecule has 0 aliphatic heterocycles. The molecule has 0 heterocycles. The number of ether oxygens (including phenoxy) is 1. The fraction of sp³-hybridized carbons (Fsp3) is 0.0952. The number of benzene rings is 3. The van der Waals surface area contributed by atoms with E-state index in [-0.39, 0.29) is 12.5 Å². The fourth-order valence-corrected chi connectivity index (χ4v) is 2.50. The number of carbonyl (C=O) groups excluding carboxylic acids is 1. The molecule has 0 radical (unpaired) electrons. The standard InChI is InChI=1S/C21H19ClN2O2/c1-15-13-19(11-12-20(15)22)26-14-21(25)24-18-9-7-17(8-10-18)23-16-5-3-2-4-6-16/h2-13,23H,14H2,1H3,(H,24,25). The molecule has 3 rings (SSSR count). The van der Waals surface area contributed by atoms with Gasteiger partial charge in [0.15, 0.2) is 6.61 Å². The summed E-state index contributed by atoms with van der Waals surface area (Å²) in [7, 11) is 0. The first-order chi connectivity index (χ1) is 12.6. The van der Waals surface area contributed by atoms with Gasteiger partial charge in [-0.3, -0.25) is 4.79 Å². The molecule has 0 saturated carbocycles. The lowest BCUT2D eigenvalue weighted by Crippen LogP contribution is -2.20. The summed E-state index contributed by atoms with van der Waals surface area (Å²) in [5.74, 6) is 0.394. The minimum Gasteiger partial charge on any atom is -0.484 e. The Hall–Kier alpha value is -2.98. The Labute approximate surface area is 157 Å². The van der Waals surface area contributed by atoms with E-state index < -0.39 is 0 Å². The van der Waals surface area contributed by atoms with Gasteiger partial charge in [-0.15, -0.1) is 0 Å². The Bertz CT molecular complexity index is 880. The van der Waals surface area contributed by atoms with E-state index in [1.807, 2.05) is 61.5 Å². The average Bonchev–Trinajstić information content (AvgIpc) is 2.65. The number of aryl methyl sites for hydroxylation is 1. The van der Waals surface area contributed by atoms with E-state index >= 15 is 0 Å². The molecule has 2 N–H and O–H groups in total. The summed E-state index contributed by atoms with van der Waals surface area (Å²) in [6.07, 6.45) is 0. The van der Waals surface area contributed by atoms with Crippen molar-refractivity contribution >= 4 is 34.6 Å². The van der Waals surface area contributed by atoms with Crippen LogP contribution in [0.5, 0.6) is 5.75 Å². The van der Waals surface area contributed by atoms with Crippen molar-refractivity contribution in [1.29, 1.82) is 0 Å². The van der Waals surface area contributed by atoms with Gasteiger partial charge in [0.2, 0.25) is 0 Å². The zero-order chi connectivity index (χ0) is 18.4. The normalized spacial score (nSPS) is 10.2. The molecule has 1 amide bonds. The van der Waals surface area contributed by atoms with Crippen LogP contribution < -0.4 is 15.4 Å². The smallest absolute Gasteiger partial charge is 0.262 e. The van der Waals surface area contributed by atoms with Gasteiger partial charge in [0.25, 0.3) is 5.91 Å². The molecular formula is C21H19ClN2O2. The topological polar surface area (TPSA) is 50.4 Å². The second-order valence-electron chi connectivity index (χ2n) is 5.82. The Morgan fingerprint density at radius 3 is 2.27 bits per heavy atom. The minimum atomic E-state index is -0.221. The molecule has 0 spiro atoms. The molecule has 0 unspecified atom stereocenters. The van der Waals surface area contributed by atoms with E-state index in [1.54, 1.807) is 18.2 Å². The van der Waals surface area contributed by atoms with Gasteiger partial charge >= 0.3 is 0 Å². The average molecular weight is 367 g/mol. The van der Waals surface area contributed by atoms with E-state index in [4.69, 9.17) is 16.3 Å². The largest absolute Gasteiger partial charge is 0.484 e. The SMILES string of the molecule is Cc1cc(OCC(=O)Nc2ccc(Nc3ccccc3)cc2)ccc1Cl. The van der Waals surface area contributed by atoms with Crippen LogP contribution in [0, 0.1) is 6.92 Å². The molecule has 0 fully saturated rings. The van der Waals surface area contributed by atoms with Crippen molar-refractivity contribution in [2.75, 3.05) is 17.2 Å². The van der Waals surface area contributed by atoms with Crippen molar-refractivity contribution in [1.82, 2.24) is 0 Å². The number of hydrogen-bond acceptors (Lipinski definition) is 3. The molecular weight excluding hydrogens is 348 g/mol. The van der Waals surface area contributed by atoms with Crippen LogP contribution in [0.2, 0.25) is 5.02 Å². The van der Waals surface area contributed by atoms with Crippen molar-refractivity contribution in [2.45, 2.75) is 6.92 Å². The van der Waals surface area contributed by atoms with E-state index in [0.29, 0.717) is 16.5 Å². The summed E-state index contributed by atoms with van der Waals surface area (Å²) in [6, 6.07) is 22.7. The molecule has 0 aliphatic carbocycles. The van der Waals surface area contributed by atoms with E-state index in [0.717, 1.165) is 16.9 Å². The minimum absolute atomic E-state index is 0.0644. The van der Waals surface area contributed by atoms with Gasteiger partial charge < -0.3 is 15.4 Å². The molecule has 5 heteroatoms. The second-order valence-corrected chi connectivity index (χ2v) is 6.22. The fourth-order valence-electron chi connectivity index (χ4n) is 2.38. The Morgan fingerprint density at radius 2 is 1.58 bits per heavy atom. The van der Waals surface area contributed by atoms with Crippen LogP contribution in [-0.2, 0) is 4.79 Å². The highest BCUT2D eigenvalue weighted by Crippen LogP contribution is 2.21. The maximum atomic E-state index is 12.0. The van der Waals surface area contributed by atoms with Gasteiger partial charge in [0.1, 0.15) is 5.75 Å². The maximum absolute atomic E-state index is 12.0. The molecule has 0 bridgehead atoms. The van der Waals surface area contributed by atoms with E-state index in [1.165, 1.54) is 0 Å². The number of rotatable bonds is 6. The van der Waals surface area contributed by atoms with Crippen LogP contribution in [0.1, 0.15) is 5.56 Å². The lowest BCUT2D eigenvalue weighted by atomic mass is 10.2. The number of para-hydroxylation sites is 1. The van der Waals surface area contributed by atoms with E-state index in [2.05, 4.69) is 10.6 Å². The summed E-state index contributed by atoms with van der Waals surface area (Å²) in [5.41, 5.74) is 3.58. The van der Waals surface area contributed by atoms with Crippen LogP contribution in [-0.4, -0.2) is 12.5 Å². The predicted molar refractivity (Wildman–Crippen MR) is 106 cm³/mol. The summed E-state index contributed by atoms with van der Waals surface area (Å²) in [5, 5.41) is 6.78. The van der Waals surface area contributed by atoms with Gasteiger partial charge in [-0.1, -0.05) is 29.8 Å². The number of hydrogen-bond donors (Lipinski definition) is 2. The van der Waals surface area contributed by atoms with Crippen molar-refractivity contribution in [3.8, 4) is 5.75 Å². The molecule has 26 heavy (non-hydrogen) atoms. The highest BCUT2D eigenvalue weighted by molar-refractivity contribution is 6.31. The van der Waals surface area contributed by atoms with Crippen LogP contribution >= 0.6 is 11.6 Å². The first-order valence-electron chi connectivity index (χ1n) is 8.21. The van der Waals surface area contributed by atoms with Crippen LogP contribution in [0.15, 0.2) is 72.8 Å². The van der Waals surface area contributed by atoms with Gasteiger partial charge in [0.05, 0.1) is 0 Å². The zero-order valence-corrected chi connectivity index (χ0v) is 15.1. The third-order valence-electron chi connectivity index (χ3n) is 3.73. The second kappa shape index (κ2) is 8.41. The van der Waals surface area contributed by atoms with Crippen LogP contribution in [0.3, 0.4) is 0 Å². The number of carbonyl (C=O) groups is 1. The predicted octanol–water partition coefficient (Wildman–Crippen LogP) is 5.41. The molecule has 132 valence electrons.